The van der Waals surface area contributed by atoms with E-state index in [-0.39, 0.29) is 5.78 Å². The Kier molecular flexibility index (Phi) is 5.91. The second-order valence-electron chi connectivity index (χ2n) is 4.58. The van der Waals surface area contributed by atoms with E-state index in [1.54, 1.807) is 19.4 Å². The Morgan fingerprint density at radius 2 is 1.90 bits per heavy atom. The van der Waals surface area contributed by atoms with Gasteiger partial charge in [0.05, 0.1) is 12.2 Å². The zero-order chi connectivity index (χ0) is 14.9. The molecule has 0 bridgehead atoms. The molecule has 0 aliphatic carbocycles. The summed E-state index contributed by atoms with van der Waals surface area (Å²) in [6.45, 7) is 0.928. The highest BCUT2D eigenvalue weighted by atomic mass is 16.5. The van der Waals surface area contributed by atoms with E-state index in [1.165, 1.54) is 0 Å². The number of ketones is 1. The first-order valence-corrected chi connectivity index (χ1v) is 6.95. The lowest BCUT2D eigenvalue weighted by atomic mass is 10.0. The minimum absolute atomic E-state index is 0.0636. The van der Waals surface area contributed by atoms with Gasteiger partial charge in [-0.05, 0) is 30.7 Å². The quantitative estimate of drug-likeness (QED) is 0.552. The van der Waals surface area contributed by atoms with Gasteiger partial charge in [-0.15, -0.1) is 0 Å². The van der Waals surface area contributed by atoms with Gasteiger partial charge in [0.2, 0.25) is 0 Å². The van der Waals surface area contributed by atoms with Gasteiger partial charge in [-0.1, -0.05) is 18.2 Å². The molecule has 2 aromatic rings. The molecule has 2 rings (SSSR count). The van der Waals surface area contributed by atoms with Crippen molar-refractivity contribution in [1.29, 1.82) is 0 Å². The number of aryl methyl sites for hydroxylation is 1. The number of carbonyl (C=O) groups excluding carboxylic acids is 1. The van der Waals surface area contributed by atoms with Crippen LogP contribution in [0.3, 0.4) is 0 Å². The lowest BCUT2D eigenvalue weighted by Gasteiger charge is -2.10. The van der Waals surface area contributed by atoms with Crippen LogP contribution in [0.4, 0.5) is 0 Å². The maximum atomic E-state index is 12.3. The third kappa shape index (κ3) is 4.68. The standard InChI is InChI=1S/C17H19NO3/c1-20-12-13-21-17-8-3-2-7-15(17)16(19)10-9-14-6-4-5-11-18-14/h2-8,11H,9-10,12-13H2,1H3. The van der Waals surface area contributed by atoms with E-state index < -0.39 is 0 Å². The molecule has 0 aliphatic heterocycles. The number of benzene rings is 1. The monoisotopic (exact) mass is 285 g/mol. The van der Waals surface area contributed by atoms with Gasteiger partial charge >= 0.3 is 0 Å². The highest BCUT2D eigenvalue weighted by molar-refractivity contribution is 5.98. The zero-order valence-electron chi connectivity index (χ0n) is 12.1. The lowest BCUT2D eigenvalue weighted by Crippen LogP contribution is -2.09. The van der Waals surface area contributed by atoms with Gasteiger partial charge in [0.25, 0.3) is 0 Å². The number of hydrogen-bond donors (Lipinski definition) is 0. The molecule has 0 amide bonds. The highest BCUT2D eigenvalue weighted by Gasteiger charge is 2.12. The number of ether oxygens (including phenoxy) is 2. The van der Waals surface area contributed by atoms with Crippen molar-refractivity contribution in [3.63, 3.8) is 0 Å². The number of carbonyl (C=O) groups is 1. The number of methoxy groups -OCH3 is 1. The van der Waals surface area contributed by atoms with E-state index in [0.717, 1.165) is 5.69 Å². The molecule has 21 heavy (non-hydrogen) atoms. The van der Waals surface area contributed by atoms with Gasteiger partial charge in [0.1, 0.15) is 12.4 Å². The van der Waals surface area contributed by atoms with E-state index in [4.69, 9.17) is 9.47 Å². The molecular weight excluding hydrogens is 266 g/mol. The van der Waals surface area contributed by atoms with Crippen LogP contribution in [0.15, 0.2) is 48.7 Å². The van der Waals surface area contributed by atoms with Crippen molar-refractivity contribution in [2.75, 3.05) is 20.3 Å². The van der Waals surface area contributed by atoms with Crippen molar-refractivity contribution in [2.24, 2.45) is 0 Å². The summed E-state index contributed by atoms with van der Waals surface area (Å²) in [4.78, 5) is 16.6. The SMILES string of the molecule is COCCOc1ccccc1C(=O)CCc1ccccn1. The molecule has 1 aromatic heterocycles. The lowest BCUT2D eigenvalue weighted by molar-refractivity contribution is 0.0974. The summed E-state index contributed by atoms with van der Waals surface area (Å²) in [5.74, 6) is 0.675. The van der Waals surface area contributed by atoms with Crippen molar-refractivity contribution in [2.45, 2.75) is 12.8 Å². The predicted octanol–water partition coefficient (Wildman–Crippen LogP) is 2.92. The first-order valence-electron chi connectivity index (χ1n) is 6.95. The number of nitrogens with zero attached hydrogens (tertiary/aromatic N) is 1. The second kappa shape index (κ2) is 8.17. The summed E-state index contributed by atoms with van der Waals surface area (Å²) in [7, 11) is 1.62. The Balaban J connectivity index is 1.98. The van der Waals surface area contributed by atoms with Crippen LogP contribution < -0.4 is 4.74 Å². The average Bonchev–Trinajstić information content (AvgIpc) is 2.54. The summed E-state index contributed by atoms with van der Waals surface area (Å²) in [6, 6.07) is 13.0. The van der Waals surface area contributed by atoms with Crippen LogP contribution in [0.25, 0.3) is 0 Å². The van der Waals surface area contributed by atoms with Gasteiger partial charge in [0.15, 0.2) is 5.78 Å². The molecule has 0 aliphatic rings. The number of Topliss-reactive ketones (excluding diaryl/α,β-unsaturated/α-hetero) is 1. The molecule has 0 spiro atoms. The molecule has 0 saturated carbocycles. The Labute approximate surface area is 124 Å². The molecule has 0 unspecified atom stereocenters. The Morgan fingerprint density at radius 3 is 2.67 bits per heavy atom. The van der Waals surface area contributed by atoms with Crippen LogP contribution in [-0.2, 0) is 11.2 Å². The van der Waals surface area contributed by atoms with E-state index in [9.17, 15) is 4.79 Å². The molecule has 1 heterocycles. The third-order valence-electron chi connectivity index (χ3n) is 3.07. The summed E-state index contributed by atoms with van der Waals surface area (Å²) in [6.07, 6.45) is 2.79. The van der Waals surface area contributed by atoms with Crippen molar-refractivity contribution < 1.29 is 14.3 Å². The minimum Gasteiger partial charge on any atom is -0.490 e. The molecule has 0 saturated heterocycles. The minimum atomic E-state index is 0.0636. The van der Waals surface area contributed by atoms with Crippen LogP contribution in [-0.4, -0.2) is 31.1 Å². The van der Waals surface area contributed by atoms with E-state index in [1.807, 2.05) is 36.4 Å². The van der Waals surface area contributed by atoms with Crippen molar-refractivity contribution in [3.05, 3.63) is 59.9 Å². The normalized spacial score (nSPS) is 10.3. The summed E-state index contributed by atoms with van der Waals surface area (Å²) >= 11 is 0. The summed E-state index contributed by atoms with van der Waals surface area (Å²) in [5, 5.41) is 0. The smallest absolute Gasteiger partial charge is 0.166 e. The number of rotatable bonds is 8. The van der Waals surface area contributed by atoms with Gasteiger partial charge in [0, 0.05) is 25.4 Å². The predicted molar refractivity (Wildman–Crippen MR) is 80.7 cm³/mol. The van der Waals surface area contributed by atoms with E-state index in [2.05, 4.69) is 4.98 Å². The zero-order valence-corrected chi connectivity index (χ0v) is 12.1. The summed E-state index contributed by atoms with van der Waals surface area (Å²) in [5.41, 5.74) is 1.54. The number of aromatic nitrogens is 1. The second-order valence-corrected chi connectivity index (χ2v) is 4.58. The molecule has 0 N–H and O–H groups in total. The number of para-hydroxylation sites is 1. The van der Waals surface area contributed by atoms with Gasteiger partial charge in [-0.3, -0.25) is 9.78 Å². The first-order chi connectivity index (χ1) is 10.3. The molecule has 0 radical (unpaired) electrons. The Hall–Kier alpha value is -2.20. The highest BCUT2D eigenvalue weighted by Crippen LogP contribution is 2.20. The maximum absolute atomic E-state index is 12.3. The van der Waals surface area contributed by atoms with Crippen molar-refractivity contribution in [1.82, 2.24) is 4.98 Å². The maximum Gasteiger partial charge on any atom is 0.166 e. The van der Waals surface area contributed by atoms with Gasteiger partial charge in [-0.2, -0.15) is 0 Å². The summed E-state index contributed by atoms with van der Waals surface area (Å²) < 4.78 is 10.5. The van der Waals surface area contributed by atoms with Crippen molar-refractivity contribution in [3.8, 4) is 5.75 Å². The Bertz CT molecular complexity index is 569. The molecule has 110 valence electrons. The third-order valence-corrected chi connectivity index (χ3v) is 3.07. The fraction of sp³-hybridized carbons (Fsp3) is 0.294. The fourth-order valence-corrected chi connectivity index (χ4v) is 1.98. The molecular formula is C17H19NO3. The average molecular weight is 285 g/mol. The number of pyridine rings is 1. The van der Waals surface area contributed by atoms with Crippen LogP contribution in [0.2, 0.25) is 0 Å². The number of hydrogen-bond acceptors (Lipinski definition) is 4. The van der Waals surface area contributed by atoms with Crippen LogP contribution in [0, 0.1) is 0 Å². The van der Waals surface area contributed by atoms with Crippen LogP contribution in [0.5, 0.6) is 5.75 Å². The van der Waals surface area contributed by atoms with Crippen molar-refractivity contribution >= 4 is 5.78 Å². The largest absolute Gasteiger partial charge is 0.490 e. The van der Waals surface area contributed by atoms with Gasteiger partial charge in [-0.25, -0.2) is 0 Å². The molecule has 0 fully saturated rings. The topological polar surface area (TPSA) is 48.4 Å². The Morgan fingerprint density at radius 1 is 1.10 bits per heavy atom. The molecule has 1 aromatic carbocycles. The van der Waals surface area contributed by atoms with E-state index >= 15 is 0 Å². The molecule has 4 nitrogen and oxygen atoms in total. The van der Waals surface area contributed by atoms with Gasteiger partial charge < -0.3 is 9.47 Å². The fourth-order valence-electron chi connectivity index (χ4n) is 1.98. The molecule has 0 atom stereocenters. The van der Waals surface area contributed by atoms with Crippen LogP contribution >= 0.6 is 0 Å². The molecule has 4 heteroatoms. The van der Waals surface area contributed by atoms with Crippen LogP contribution in [0.1, 0.15) is 22.5 Å². The van der Waals surface area contributed by atoms with E-state index in [0.29, 0.717) is 37.4 Å². The first kappa shape index (κ1) is 15.2.